The molecule has 90 valence electrons. The molecule has 0 aliphatic carbocycles. The van der Waals surface area contributed by atoms with Gasteiger partial charge in [0.1, 0.15) is 0 Å². The van der Waals surface area contributed by atoms with E-state index in [0.29, 0.717) is 0 Å². The molecule has 0 aromatic heterocycles. The number of hydrogen-bond acceptors (Lipinski definition) is 0. The Labute approximate surface area is 88.5 Å². The maximum absolute atomic E-state index is 12.3. The van der Waals surface area contributed by atoms with Crippen molar-refractivity contribution in [1.29, 1.82) is 0 Å². The van der Waals surface area contributed by atoms with Crippen LogP contribution in [0.4, 0.5) is 26.3 Å². The van der Waals surface area contributed by atoms with Gasteiger partial charge in [0, 0.05) is 0 Å². The topological polar surface area (TPSA) is 0 Å². The van der Waals surface area contributed by atoms with Crippen LogP contribution in [0.2, 0.25) is 6.82 Å². The number of benzene rings is 1. The third kappa shape index (κ3) is 2.93. The van der Waals surface area contributed by atoms with Crippen LogP contribution in [0.1, 0.15) is 11.1 Å². The van der Waals surface area contributed by atoms with Crippen molar-refractivity contribution in [2.24, 2.45) is 0 Å². The van der Waals surface area contributed by atoms with Gasteiger partial charge in [-0.2, -0.15) is 33.2 Å². The Hall–Kier alpha value is -1.14. The maximum Gasteiger partial charge on any atom is 0.416 e. The van der Waals surface area contributed by atoms with Crippen LogP contribution in [0.15, 0.2) is 18.2 Å². The first-order chi connectivity index (χ1) is 7.14. The van der Waals surface area contributed by atoms with Crippen LogP contribution in [0.3, 0.4) is 0 Å². The zero-order valence-corrected chi connectivity index (χ0v) is 8.50. The molecule has 0 saturated heterocycles. The van der Waals surface area contributed by atoms with Crippen molar-refractivity contribution in [3.8, 4) is 0 Å². The van der Waals surface area contributed by atoms with E-state index in [-0.39, 0.29) is 11.5 Å². The summed E-state index contributed by atoms with van der Waals surface area (Å²) in [6.07, 6.45) is -9.48. The van der Waals surface area contributed by atoms with Gasteiger partial charge in [0.25, 0.3) is 0 Å². The Morgan fingerprint density at radius 3 is 1.44 bits per heavy atom. The fourth-order valence-corrected chi connectivity index (χ4v) is 1.40. The Bertz CT molecular complexity index is 346. The summed E-state index contributed by atoms with van der Waals surface area (Å²) in [5.41, 5.74) is -2.33. The first kappa shape index (κ1) is 12.9. The molecular formula is C9H8BF6-. The lowest BCUT2D eigenvalue weighted by atomic mass is 9.72. The number of rotatable bonds is 1. The Morgan fingerprint density at radius 2 is 1.19 bits per heavy atom. The summed E-state index contributed by atoms with van der Waals surface area (Å²) in [5, 5.41) is 0. The highest BCUT2D eigenvalue weighted by Gasteiger charge is 2.35. The van der Waals surface area contributed by atoms with Crippen molar-refractivity contribution >= 4 is 12.7 Å². The molecule has 0 nitrogen and oxygen atoms in total. The minimum absolute atomic E-state index is 0.141. The van der Waals surface area contributed by atoms with Crippen LogP contribution in [0.5, 0.6) is 0 Å². The molecule has 1 rings (SSSR count). The van der Waals surface area contributed by atoms with E-state index in [9.17, 15) is 26.3 Å². The van der Waals surface area contributed by atoms with Crippen molar-refractivity contribution in [1.82, 2.24) is 0 Å². The van der Waals surface area contributed by atoms with Gasteiger partial charge >= 0.3 is 12.4 Å². The number of alkyl halides is 6. The molecule has 0 saturated carbocycles. The van der Waals surface area contributed by atoms with E-state index in [2.05, 4.69) is 0 Å². The smallest absolute Gasteiger partial charge is 0.216 e. The van der Waals surface area contributed by atoms with Crippen molar-refractivity contribution in [2.75, 3.05) is 0 Å². The van der Waals surface area contributed by atoms with E-state index in [1.165, 1.54) is 0 Å². The average Bonchev–Trinajstić information content (AvgIpc) is 2.14. The number of hydrogen-bond donors (Lipinski definition) is 0. The molecule has 0 atom stereocenters. The zero-order valence-electron chi connectivity index (χ0n) is 8.50. The molecule has 0 radical (unpaired) electrons. The van der Waals surface area contributed by atoms with Gasteiger partial charge in [-0.05, 0) is 13.3 Å². The summed E-state index contributed by atoms with van der Waals surface area (Å²) in [7, 11) is -0.949. The molecule has 7 heteroatoms. The van der Waals surface area contributed by atoms with Gasteiger partial charge in [0.05, 0.1) is 11.1 Å². The molecule has 0 unspecified atom stereocenters. The molecular weight excluding hydrogens is 233 g/mol. The molecule has 0 spiro atoms. The molecule has 1 aromatic rings. The normalized spacial score (nSPS) is 12.9. The SMILES string of the molecule is C[BH2-]c1cc(C(F)(F)F)cc(C(F)(F)F)c1. The summed E-state index contributed by atoms with van der Waals surface area (Å²) in [5.74, 6) is 0. The minimum atomic E-state index is -4.74. The van der Waals surface area contributed by atoms with Crippen LogP contribution in [0.25, 0.3) is 0 Å². The van der Waals surface area contributed by atoms with Crippen LogP contribution in [-0.4, -0.2) is 7.28 Å². The Morgan fingerprint density at radius 1 is 0.812 bits per heavy atom. The summed E-state index contributed by atoms with van der Waals surface area (Å²) in [6, 6.07) is 1.72. The van der Waals surface area contributed by atoms with Gasteiger partial charge in [0.2, 0.25) is 0 Å². The summed E-state index contributed by atoms with van der Waals surface area (Å²) in [4.78, 5) is 0. The highest BCUT2D eigenvalue weighted by Crippen LogP contribution is 2.34. The summed E-state index contributed by atoms with van der Waals surface area (Å²) >= 11 is 0. The highest BCUT2D eigenvalue weighted by molar-refractivity contribution is 6.51. The van der Waals surface area contributed by atoms with Crippen molar-refractivity contribution in [3.05, 3.63) is 29.3 Å². The fourth-order valence-electron chi connectivity index (χ4n) is 1.40. The molecule has 1 aromatic carbocycles. The third-order valence-electron chi connectivity index (χ3n) is 2.31. The Kier molecular flexibility index (Phi) is 3.26. The van der Waals surface area contributed by atoms with Gasteiger partial charge in [0.15, 0.2) is 0 Å². The van der Waals surface area contributed by atoms with Gasteiger partial charge in [-0.3, -0.25) is 0 Å². The monoisotopic (exact) mass is 241 g/mol. The minimum Gasteiger partial charge on any atom is -0.216 e. The quantitative estimate of drug-likeness (QED) is 0.523. The van der Waals surface area contributed by atoms with E-state index in [4.69, 9.17) is 0 Å². The van der Waals surface area contributed by atoms with Crippen LogP contribution < -0.4 is 5.46 Å². The van der Waals surface area contributed by atoms with Crippen LogP contribution >= 0.6 is 0 Å². The second-order valence-corrected chi connectivity index (χ2v) is 3.58. The molecule has 0 aliphatic heterocycles. The summed E-state index contributed by atoms with van der Waals surface area (Å²) in [6.45, 7) is 1.62. The largest absolute Gasteiger partial charge is 0.416 e. The third-order valence-corrected chi connectivity index (χ3v) is 2.31. The van der Waals surface area contributed by atoms with Gasteiger partial charge < -0.3 is 0 Å². The van der Waals surface area contributed by atoms with Crippen molar-refractivity contribution < 1.29 is 26.3 Å². The van der Waals surface area contributed by atoms with Gasteiger partial charge in [-0.15, -0.1) is 0 Å². The standard InChI is InChI=1S/C9H8BF6/c1-10-7-3-5(8(11,12)13)2-6(4-7)9(14,15)16/h2-4H,10H2,1H3/q-1. The van der Waals surface area contributed by atoms with Crippen molar-refractivity contribution in [3.63, 3.8) is 0 Å². The average molecular weight is 241 g/mol. The maximum atomic E-state index is 12.3. The predicted octanol–water partition coefficient (Wildman–Crippen LogP) is 2.57. The van der Waals surface area contributed by atoms with E-state index < -0.39 is 30.8 Å². The molecule has 0 fully saturated rings. The second-order valence-electron chi connectivity index (χ2n) is 3.58. The molecule has 0 heterocycles. The van der Waals surface area contributed by atoms with E-state index in [1.54, 1.807) is 6.82 Å². The van der Waals surface area contributed by atoms with Crippen LogP contribution in [0, 0.1) is 0 Å². The lowest BCUT2D eigenvalue weighted by Gasteiger charge is -2.15. The first-order valence-corrected chi connectivity index (χ1v) is 4.87. The molecule has 0 N–H and O–H groups in total. The van der Waals surface area contributed by atoms with Crippen LogP contribution in [-0.2, 0) is 12.4 Å². The zero-order chi connectivity index (χ0) is 12.6. The van der Waals surface area contributed by atoms with E-state index in [1.807, 2.05) is 0 Å². The van der Waals surface area contributed by atoms with Gasteiger partial charge in [-0.1, -0.05) is 12.1 Å². The second kappa shape index (κ2) is 4.03. The summed E-state index contributed by atoms with van der Waals surface area (Å²) < 4.78 is 73.9. The fraction of sp³-hybridized carbons (Fsp3) is 0.333. The first-order valence-electron chi connectivity index (χ1n) is 4.87. The predicted molar refractivity (Wildman–Crippen MR) is 50.5 cm³/mol. The van der Waals surface area contributed by atoms with Crippen molar-refractivity contribution in [2.45, 2.75) is 19.2 Å². The van der Waals surface area contributed by atoms with Gasteiger partial charge in [-0.25, -0.2) is 5.46 Å². The lowest BCUT2D eigenvalue weighted by molar-refractivity contribution is -0.142. The van der Waals surface area contributed by atoms with E-state index in [0.717, 1.165) is 12.1 Å². The lowest BCUT2D eigenvalue weighted by Crippen LogP contribution is -2.19. The molecule has 16 heavy (non-hydrogen) atoms. The Balaban J connectivity index is 3.33. The highest BCUT2D eigenvalue weighted by atomic mass is 19.4. The molecule has 0 aliphatic rings. The molecule has 0 bridgehead atoms. The number of halogens is 6. The molecule has 0 amide bonds. The van der Waals surface area contributed by atoms with E-state index >= 15 is 0 Å².